The van der Waals surface area contributed by atoms with Crippen LogP contribution in [0.15, 0.2) is 88.9 Å². The highest BCUT2D eigenvalue weighted by Crippen LogP contribution is 2.38. The molecule has 7 heteroatoms. The van der Waals surface area contributed by atoms with Crippen molar-refractivity contribution in [3.05, 3.63) is 104 Å². The zero-order valence-electron chi connectivity index (χ0n) is 18.7. The standard InChI is InChI=1S/C28H20BrIN2O3/c1-34-26-15-18(13-21(16-31)28(33)32-23-11-9-22(30)10-12-23)14-25(29)27(26)35-17-20-7-4-6-19-5-2-3-8-24(19)20/h2-15H,17H2,1H3,(H,32,33)/b21-13-. The third-order valence-corrected chi connectivity index (χ3v) is 6.59. The lowest BCUT2D eigenvalue weighted by Crippen LogP contribution is -2.13. The lowest BCUT2D eigenvalue weighted by atomic mass is 10.1. The quantitative estimate of drug-likeness (QED) is 0.131. The summed E-state index contributed by atoms with van der Waals surface area (Å²) in [6.45, 7) is 0.355. The minimum absolute atomic E-state index is 0.0260. The Bertz CT molecular complexity index is 1450. The van der Waals surface area contributed by atoms with E-state index in [1.54, 1.807) is 31.4 Å². The largest absolute Gasteiger partial charge is 0.493 e. The molecule has 0 spiro atoms. The van der Waals surface area contributed by atoms with Gasteiger partial charge in [-0.25, -0.2) is 0 Å². The number of carbonyl (C=O) groups is 1. The highest BCUT2D eigenvalue weighted by atomic mass is 127. The maximum absolute atomic E-state index is 12.6. The minimum Gasteiger partial charge on any atom is -0.493 e. The average Bonchev–Trinajstić information content (AvgIpc) is 2.87. The SMILES string of the molecule is COc1cc(/C=C(/C#N)C(=O)Nc2ccc(I)cc2)cc(Br)c1OCc1cccc2ccccc12. The summed E-state index contributed by atoms with van der Waals surface area (Å²) in [5.74, 6) is 0.542. The van der Waals surface area contributed by atoms with E-state index in [9.17, 15) is 10.1 Å². The van der Waals surface area contributed by atoms with Gasteiger partial charge in [-0.05, 0) is 103 Å². The van der Waals surface area contributed by atoms with Gasteiger partial charge in [0.25, 0.3) is 5.91 Å². The van der Waals surface area contributed by atoms with Crippen LogP contribution < -0.4 is 14.8 Å². The van der Waals surface area contributed by atoms with Crippen LogP contribution in [0.5, 0.6) is 11.5 Å². The second-order valence-corrected chi connectivity index (χ2v) is 9.69. The smallest absolute Gasteiger partial charge is 0.266 e. The fraction of sp³-hybridized carbons (Fsp3) is 0.0714. The van der Waals surface area contributed by atoms with Crippen LogP contribution in [0.25, 0.3) is 16.8 Å². The van der Waals surface area contributed by atoms with E-state index in [1.165, 1.54) is 6.08 Å². The Morgan fingerprint density at radius 1 is 1.09 bits per heavy atom. The monoisotopic (exact) mass is 638 g/mol. The number of halogens is 2. The fourth-order valence-corrected chi connectivity index (χ4v) is 4.51. The molecule has 4 rings (SSSR count). The van der Waals surface area contributed by atoms with Crippen molar-refractivity contribution in [2.75, 3.05) is 12.4 Å². The van der Waals surface area contributed by atoms with Gasteiger partial charge in [0.15, 0.2) is 11.5 Å². The van der Waals surface area contributed by atoms with Crippen LogP contribution in [0.4, 0.5) is 5.69 Å². The number of rotatable bonds is 7. The number of nitrogens with zero attached hydrogens (tertiary/aromatic N) is 1. The summed E-state index contributed by atoms with van der Waals surface area (Å²) >= 11 is 5.74. The molecule has 0 heterocycles. The summed E-state index contributed by atoms with van der Waals surface area (Å²) in [6, 6.07) is 27.1. The number of anilines is 1. The van der Waals surface area contributed by atoms with Gasteiger partial charge < -0.3 is 14.8 Å². The van der Waals surface area contributed by atoms with E-state index in [-0.39, 0.29) is 5.57 Å². The van der Waals surface area contributed by atoms with Gasteiger partial charge in [-0.1, -0.05) is 42.5 Å². The lowest BCUT2D eigenvalue weighted by Gasteiger charge is -2.15. The molecule has 0 bridgehead atoms. The van der Waals surface area contributed by atoms with Crippen LogP contribution in [-0.2, 0) is 11.4 Å². The molecule has 0 aliphatic heterocycles. The number of amides is 1. The van der Waals surface area contributed by atoms with Crippen LogP contribution in [0.3, 0.4) is 0 Å². The van der Waals surface area contributed by atoms with E-state index in [0.29, 0.717) is 33.8 Å². The predicted molar refractivity (Wildman–Crippen MR) is 150 cm³/mol. The maximum Gasteiger partial charge on any atom is 0.266 e. The molecule has 0 fully saturated rings. The molecule has 0 saturated carbocycles. The van der Waals surface area contributed by atoms with Gasteiger partial charge in [0.1, 0.15) is 18.2 Å². The minimum atomic E-state index is -0.486. The molecule has 0 atom stereocenters. The summed E-state index contributed by atoms with van der Waals surface area (Å²) in [5, 5.41) is 14.6. The second-order valence-electron chi connectivity index (χ2n) is 7.59. The Morgan fingerprint density at radius 2 is 1.83 bits per heavy atom. The summed E-state index contributed by atoms with van der Waals surface area (Å²) in [4.78, 5) is 12.6. The third kappa shape index (κ3) is 6.02. The average molecular weight is 639 g/mol. The van der Waals surface area contributed by atoms with Crippen LogP contribution in [0, 0.1) is 14.9 Å². The molecule has 0 aromatic heterocycles. The Balaban J connectivity index is 1.56. The predicted octanol–water partition coefficient (Wildman–Crippen LogP) is 7.34. The summed E-state index contributed by atoms with van der Waals surface area (Å²) in [6.07, 6.45) is 1.52. The van der Waals surface area contributed by atoms with E-state index in [4.69, 9.17) is 9.47 Å². The third-order valence-electron chi connectivity index (χ3n) is 5.28. The first-order chi connectivity index (χ1) is 17.0. The van der Waals surface area contributed by atoms with Crippen molar-refractivity contribution in [3.8, 4) is 17.6 Å². The van der Waals surface area contributed by atoms with Gasteiger partial charge in [0.2, 0.25) is 0 Å². The molecule has 1 amide bonds. The highest BCUT2D eigenvalue weighted by Gasteiger charge is 2.15. The molecule has 35 heavy (non-hydrogen) atoms. The molecule has 1 N–H and O–H groups in total. The molecular weight excluding hydrogens is 619 g/mol. The summed E-state index contributed by atoms with van der Waals surface area (Å²) < 4.78 is 13.4. The topological polar surface area (TPSA) is 71.3 Å². The first-order valence-corrected chi connectivity index (χ1v) is 12.5. The molecular formula is C28H20BrIN2O3. The van der Waals surface area contributed by atoms with Gasteiger partial charge in [0.05, 0.1) is 11.6 Å². The number of fused-ring (bicyclic) bond motifs is 1. The van der Waals surface area contributed by atoms with Crippen LogP contribution in [0.2, 0.25) is 0 Å². The number of ether oxygens (including phenoxy) is 2. The number of hydrogen-bond acceptors (Lipinski definition) is 4. The molecule has 0 radical (unpaired) electrons. The lowest BCUT2D eigenvalue weighted by molar-refractivity contribution is -0.112. The number of hydrogen-bond donors (Lipinski definition) is 1. The normalized spacial score (nSPS) is 11.1. The van der Waals surface area contributed by atoms with Gasteiger partial charge in [-0.3, -0.25) is 4.79 Å². The summed E-state index contributed by atoms with van der Waals surface area (Å²) in [5.41, 5.74) is 2.27. The van der Waals surface area contributed by atoms with Gasteiger partial charge in [-0.15, -0.1) is 0 Å². The molecule has 4 aromatic carbocycles. The number of methoxy groups -OCH3 is 1. The van der Waals surface area contributed by atoms with Gasteiger partial charge in [-0.2, -0.15) is 5.26 Å². The Morgan fingerprint density at radius 3 is 2.57 bits per heavy atom. The zero-order chi connectivity index (χ0) is 24.8. The van der Waals surface area contributed by atoms with Gasteiger partial charge >= 0.3 is 0 Å². The molecule has 0 aliphatic carbocycles. The second kappa shape index (κ2) is 11.4. The van der Waals surface area contributed by atoms with Crippen molar-refractivity contribution in [1.29, 1.82) is 5.26 Å². The highest BCUT2D eigenvalue weighted by molar-refractivity contribution is 14.1. The van der Waals surface area contributed by atoms with Crippen molar-refractivity contribution in [2.45, 2.75) is 6.61 Å². The Kier molecular flexibility index (Phi) is 8.06. The van der Waals surface area contributed by atoms with Crippen LogP contribution >= 0.6 is 38.5 Å². The van der Waals surface area contributed by atoms with Gasteiger partial charge in [0, 0.05) is 9.26 Å². The van der Waals surface area contributed by atoms with Crippen LogP contribution in [0.1, 0.15) is 11.1 Å². The van der Waals surface area contributed by atoms with E-state index >= 15 is 0 Å². The fourth-order valence-electron chi connectivity index (χ4n) is 3.58. The van der Waals surface area contributed by atoms with E-state index in [2.05, 4.69) is 62.0 Å². The van der Waals surface area contributed by atoms with E-state index < -0.39 is 5.91 Å². The van der Waals surface area contributed by atoms with Crippen molar-refractivity contribution in [2.24, 2.45) is 0 Å². The first kappa shape index (κ1) is 24.8. The molecule has 174 valence electrons. The Hall–Kier alpha value is -3.35. The molecule has 0 saturated heterocycles. The molecule has 0 unspecified atom stereocenters. The number of nitrogens with one attached hydrogen (secondary N) is 1. The molecule has 4 aromatic rings. The first-order valence-electron chi connectivity index (χ1n) is 10.6. The number of nitriles is 1. The summed E-state index contributed by atoms with van der Waals surface area (Å²) in [7, 11) is 1.55. The maximum atomic E-state index is 12.6. The number of benzene rings is 4. The van der Waals surface area contributed by atoms with Crippen molar-refractivity contribution in [3.63, 3.8) is 0 Å². The van der Waals surface area contributed by atoms with E-state index in [1.807, 2.05) is 42.5 Å². The van der Waals surface area contributed by atoms with Crippen molar-refractivity contribution >= 4 is 67.0 Å². The van der Waals surface area contributed by atoms with E-state index in [0.717, 1.165) is 19.9 Å². The Labute approximate surface area is 225 Å². The molecule has 5 nitrogen and oxygen atoms in total. The van der Waals surface area contributed by atoms with Crippen LogP contribution in [-0.4, -0.2) is 13.0 Å². The number of carbonyl (C=O) groups excluding carboxylic acids is 1. The molecule has 0 aliphatic rings. The zero-order valence-corrected chi connectivity index (χ0v) is 22.5. The van der Waals surface area contributed by atoms with Crippen molar-refractivity contribution < 1.29 is 14.3 Å². The van der Waals surface area contributed by atoms with Crippen molar-refractivity contribution in [1.82, 2.24) is 0 Å².